The number of hydrogen-bond donors (Lipinski definition) is 1. The summed E-state index contributed by atoms with van der Waals surface area (Å²) in [6.45, 7) is 0.776. The second-order valence-electron chi connectivity index (χ2n) is 5.90. The van der Waals surface area contributed by atoms with Gasteiger partial charge in [-0.25, -0.2) is 18.1 Å². The minimum absolute atomic E-state index is 0.128. The van der Waals surface area contributed by atoms with Gasteiger partial charge in [0, 0.05) is 24.2 Å². The molecule has 1 aliphatic heterocycles. The Morgan fingerprint density at radius 1 is 1.35 bits per heavy atom. The third-order valence-corrected chi connectivity index (χ3v) is 7.10. The number of pyridine rings is 1. The fourth-order valence-corrected chi connectivity index (χ4v) is 5.49. The van der Waals surface area contributed by atoms with Crippen LogP contribution in [-0.4, -0.2) is 41.7 Å². The van der Waals surface area contributed by atoms with Crippen LogP contribution in [0.15, 0.2) is 40.9 Å². The van der Waals surface area contributed by atoms with E-state index in [0.29, 0.717) is 18.7 Å². The smallest absolute Gasteiger partial charge is 0.260 e. The zero-order valence-corrected chi connectivity index (χ0v) is 15.9. The van der Waals surface area contributed by atoms with Gasteiger partial charge < -0.3 is 4.90 Å². The molecule has 10 heteroatoms. The molecular weight excluding hydrogens is 396 g/mol. The van der Waals surface area contributed by atoms with Gasteiger partial charge in [0.1, 0.15) is 5.65 Å². The zero-order valence-electron chi connectivity index (χ0n) is 13.6. The van der Waals surface area contributed by atoms with Crippen LogP contribution in [0.25, 0.3) is 5.65 Å². The van der Waals surface area contributed by atoms with Crippen LogP contribution >= 0.6 is 22.9 Å². The van der Waals surface area contributed by atoms with Crippen LogP contribution in [0.2, 0.25) is 5.15 Å². The molecule has 0 unspecified atom stereocenters. The van der Waals surface area contributed by atoms with E-state index >= 15 is 0 Å². The van der Waals surface area contributed by atoms with Gasteiger partial charge in [0.25, 0.3) is 10.0 Å². The van der Waals surface area contributed by atoms with Gasteiger partial charge >= 0.3 is 0 Å². The number of amides is 1. The molecule has 0 bridgehead atoms. The van der Waals surface area contributed by atoms with E-state index in [9.17, 15) is 13.2 Å². The van der Waals surface area contributed by atoms with E-state index in [1.165, 1.54) is 9.28 Å². The number of carbonyl (C=O) groups is 1. The number of imidazole rings is 1. The molecule has 3 aromatic rings. The topological polar surface area (TPSA) is 83.8 Å². The van der Waals surface area contributed by atoms with Gasteiger partial charge in [0.05, 0.1) is 6.54 Å². The van der Waals surface area contributed by atoms with E-state index in [4.69, 9.17) is 11.6 Å². The number of nitrogens with one attached hydrogen (secondary N) is 1. The lowest BCUT2D eigenvalue weighted by Gasteiger charge is -2.27. The Bertz CT molecular complexity index is 1090. The van der Waals surface area contributed by atoms with Crippen molar-refractivity contribution in [2.24, 2.45) is 0 Å². The summed E-state index contributed by atoms with van der Waals surface area (Å²) in [6.07, 6.45) is 2.36. The standard InChI is InChI=1S/C16H15ClN4O3S2/c17-15-16(21-6-2-1-3-13(21)19-15)26(23,24)18-9-14(22)20-7-4-12-11(10-20)5-8-25-12/h1-3,5-6,8,18H,4,7,9-10H2. The lowest BCUT2D eigenvalue weighted by Crippen LogP contribution is -2.42. The van der Waals surface area contributed by atoms with Crippen molar-refractivity contribution in [2.75, 3.05) is 13.1 Å². The van der Waals surface area contributed by atoms with Crippen molar-refractivity contribution in [1.82, 2.24) is 19.0 Å². The Kier molecular flexibility index (Phi) is 4.47. The first-order valence-electron chi connectivity index (χ1n) is 7.91. The maximum atomic E-state index is 12.6. The molecule has 4 heterocycles. The number of halogens is 1. The molecule has 1 amide bonds. The van der Waals surface area contributed by atoms with Gasteiger partial charge in [-0.3, -0.25) is 9.20 Å². The van der Waals surface area contributed by atoms with E-state index in [2.05, 4.69) is 9.71 Å². The summed E-state index contributed by atoms with van der Waals surface area (Å²) in [6, 6.07) is 7.08. The van der Waals surface area contributed by atoms with Gasteiger partial charge in [-0.1, -0.05) is 17.7 Å². The molecule has 0 atom stereocenters. The average molecular weight is 411 g/mol. The third kappa shape index (κ3) is 3.11. The number of fused-ring (bicyclic) bond motifs is 2. The van der Waals surface area contributed by atoms with Crippen LogP contribution in [0, 0.1) is 0 Å². The maximum Gasteiger partial charge on any atom is 0.260 e. The van der Waals surface area contributed by atoms with Crippen LogP contribution in [0.3, 0.4) is 0 Å². The molecule has 0 saturated heterocycles. The molecule has 4 rings (SSSR count). The number of thiophene rings is 1. The number of carbonyl (C=O) groups excluding carboxylic acids is 1. The average Bonchev–Trinajstić information content (AvgIpc) is 3.22. The lowest BCUT2D eigenvalue weighted by atomic mass is 10.1. The Hall–Kier alpha value is -1.94. The van der Waals surface area contributed by atoms with Crippen LogP contribution in [0.4, 0.5) is 0 Å². The summed E-state index contributed by atoms with van der Waals surface area (Å²) in [4.78, 5) is 19.4. The largest absolute Gasteiger partial charge is 0.337 e. The summed E-state index contributed by atoms with van der Waals surface area (Å²) in [5.74, 6) is -0.268. The number of sulfonamides is 1. The van der Waals surface area contributed by atoms with Crippen LogP contribution in [0.1, 0.15) is 10.4 Å². The quantitative estimate of drug-likeness (QED) is 0.712. The molecule has 1 N–H and O–H groups in total. The van der Waals surface area contributed by atoms with Crippen LogP contribution in [0.5, 0.6) is 0 Å². The fraction of sp³-hybridized carbons (Fsp3) is 0.250. The second-order valence-corrected chi connectivity index (χ2v) is 8.94. The number of nitrogens with zero attached hydrogens (tertiary/aromatic N) is 3. The van der Waals surface area contributed by atoms with E-state index in [0.717, 1.165) is 12.0 Å². The Balaban J connectivity index is 1.50. The van der Waals surface area contributed by atoms with E-state index in [-0.39, 0.29) is 22.6 Å². The van der Waals surface area contributed by atoms with Gasteiger partial charge in [0.2, 0.25) is 5.91 Å². The molecule has 0 spiro atoms. The molecule has 0 radical (unpaired) electrons. The molecular formula is C16H15ClN4O3S2. The van der Waals surface area contributed by atoms with E-state index < -0.39 is 10.0 Å². The molecule has 136 valence electrons. The Morgan fingerprint density at radius 3 is 3.04 bits per heavy atom. The first kappa shape index (κ1) is 17.5. The molecule has 26 heavy (non-hydrogen) atoms. The van der Waals surface area contributed by atoms with Crippen molar-refractivity contribution in [1.29, 1.82) is 0 Å². The zero-order chi connectivity index (χ0) is 18.3. The number of rotatable bonds is 4. The number of aromatic nitrogens is 2. The summed E-state index contributed by atoms with van der Waals surface area (Å²) >= 11 is 7.70. The van der Waals surface area contributed by atoms with Crippen molar-refractivity contribution in [3.8, 4) is 0 Å². The highest BCUT2D eigenvalue weighted by molar-refractivity contribution is 7.89. The maximum absolute atomic E-state index is 12.6. The molecule has 0 aromatic carbocycles. The van der Waals surface area contributed by atoms with E-state index in [1.54, 1.807) is 40.6 Å². The SMILES string of the molecule is O=C(CNS(=O)(=O)c1c(Cl)nc2ccccn12)N1CCc2sccc2C1. The molecule has 7 nitrogen and oxygen atoms in total. The highest BCUT2D eigenvalue weighted by Crippen LogP contribution is 2.24. The first-order valence-corrected chi connectivity index (χ1v) is 10.6. The predicted molar refractivity (Wildman–Crippen MR) is 98.8 cm³/mol. The normalized spacial score (nSPS) is 14.6. The van der Waals surface area contributed by atoms with Crippen molar-refractivity contribution < 1.29 is 13.2 Å². The van der Waals surface area contributed by atoms with E-state index in [1.807, 2.05) is 11.4 Å². The molecule has 0 aliphatic carbocycles. The molecule has 1 aliphatic rings. The van der Waals surface area contributed by atoms with Gasteiger partial charge in [-0.2, -0.15) is 0 Å². The monoisotopic (exact) mass is 410 g/mol. The first-order chi connectivity index (χ1) is 12.5. The molecule has 3 aromatic heterocycles. The fourth-order valence-electron chi connectivity index (χ4n) is 2.98. The predicted octanol–water partition coefficient (Wildman–Crippen LogP) is 1.91. The molecule has 0 saturated carbocycles. The van der Waals surface area contributed by atoms with Gasteiger partial charge in [-0.05, 0) is 35.6 Å². The summed E-state index contributed by atoms with van der Waals surface area (Å²) in [5, 5.41) is 1.71. The van der Waals surface area contributed by atoms with Gasteiger partial charge in [-0.15, -0.1) is 11.3 Å². The molecule has 0 fully saturated rings. The Labute approximate surface area is 159 Å². The third-order valence-electron chi connectivity index (χ3n) is 4.27. The summed E-state index contributed by atoms with van der Waals surface area (Å²) in [7, 11) is -3.98. The highest BCUT2D eigenvalue weighted by Gasteiger charge is 2.27. The van der Waals surface area contributed by atoms with Crippen molar-refractivity contribution in [3.63, 3.8) is 0 Å². The van der Waals surface area contributed by atoms with Crippen LogP contribution in [-0.2, 0) is 27.8 Å². The minimum Gasteiger partial charge on any atom is -0.337 e. The van der Waals surface area contributed by atoms with Crippen molar-refractivity contribution in [2.45, 2.75) is 18.0 Å². The second kappa shape index (κ2) is 6.66. The summed E-state index contributed by atoms with van der Waals surface area (Å²) in [5.41, 5.74) is 1.55. The number of hydrogen-bond acceptors (Lipinski definition) is 5. The van der Waals surface area contributed by atoms with Gasteiger partial charge in [0.15, 0.2) is 10.2 Å². The van der Waals surface area contributed by atoms with Crippen LogP contribution < -0.4 is 4.72 Å². The highest BCUT2D eigenvalue weighted by atomic mass is 35.5. The van der Waals surface area contributed by atoms with Crippen molar-refractivity contribution in [3.05, 3.63) is 51.4 Å². The summed E-state index contributed by atoms with van der Waals surface area (Å²) < 4.78 is 29.0. The Morgan fingerprint density at radius 2 is 2.19 bits per heavy atom. The lowest BCUT2D eigenvalue weighted by molar-refractivity contribution is -0.130. The van der Waals surface area contributed by atoms with Crippen molar-refractivity contribution >= 4 is 44.5 Å². The minimum atomic E-state index is -3.98.